The minimum Gasteiger partial charge on any atom is -0.347 e. The summed E-state index contributed by atoms with van der Waals surface area (Å²) in [5.74, 6) is -0.405. The molecule has 1 aromatic rings. The number of carbonyl (C=O) groups excluding carboxylic acids is 1. The lowest BCUT2D eigenvalue weighted by Crippen LogP contribution is -2.45. The van der Waals surface area contributed by atoms with Crippen LogP contribution >= 0.6 is 11.6 Å². The Hall–Kier alpha value is -1.62. The first kappa shape index (κ1) is 17.4. The molecule has 0 aliphatic carbocycles. The summed E-state index contributed by atoms with van der Waals surface area (Å²) in [6.45, 7) is 10.1. The third-order valence-corrected chi connectivity index (χ3v) is 3.24. The third-order valence-electron chi connectivity index (χ3n) is 2.84. The molecule has 0 aromatic heterocycles. The van der Waals surface area contributed by atoms with E-state index in [1.54, 1.807) is 0 Å². The molecule has 1 N–H and O–H groups in total. The molecule has 0 aliphatic rings. The van der Waals surface area contributed by atoms with Crippen molar-refractivity contribution < 1.29 is 9.72 Å². The van der Waals surface area contributed by atoms with Crippen LogP contribution in [-0.2, 0) is 0 Å². The number of nitrogens with zero attached hydrogens (tertiary/aromatic N) is 1. The van der Waals surface area contributed by atoms with Crippen LogP contribution < -0.4 is 5.32 Å². The molecular weight excluding hydrogens is 292 g/mol. The van der Waals surface area contributed by atoms with Crippen molar-refractivity contribution in [2.75, 3.05) is 0 Å². The van der Waals surface area contributed by atoms with Crippen LogP contribution in [0.4, 0.5) is 5.69 Å². The average Bonchev–Trinajstić information content (AvgIpc) is 2.24. The van der Waals surface area contributed by atoms with E-state index in [1.165, 1.54) is 18.2 Å². The molecule has 0 radical (unpaired) electrons. The first-order valence-electron chi connectivity index (χ1n) is 6.68. The van der Waals surface area contributed by atoms with Gasteiger partial charge in [0.05, 0.1) is 10.5 Å². The number of halogens is 1. The van der Waals surface area contributed by atoms with Gasteiger partial charge in [-0.25, -0.2) is 0 Å². The fourth-order valence-electron chi connectivity index (χ4n) is 2.58. The largest absolute Gasteiger partial charge is 0.347 e. The maximum Gasteiger partial charge on any atom is 0.288 e. The summed E-state index contributed by atoms with van der Waals surface area (Å²) >= 11 is 5.96. The summed E-state index contributed by atoms with van der Waals surface area (Å²) in [5.41, 5.74) is -0.544. The van der Waals surface area contributed by atoms with Gasteiger partial charge >= 0.3 is 0 Å². The maximum absolute atomic E-state index is 12.3. The van der Waals surface area contributed by atoms with Crippen LogP contribution in [0.15, 0.2) is 18.2 Å². The molecule has 1 amide bonds. The van der Waals surface area contributed by atoms with E-state index < -0.39 is 16.4 Å². The Morgan fingerprint density at radius 1 is 1.29 bits per heavy atom. The van der Waals surface area contributed by atoms with E-state index in [0.29, 0.717) is 0 Å². The van der Waals surface area contributed by atoms with Gasteiger partial charge in [0.15, 0.2) is 0 Å². The first-order chi connectivity index (χ1) is 9.43. The summed E-state index contributed by atoms with van der Waals surface area (Å²) in [7, 11) is 0. The first-order valence-corrected chi connectivity index (χ1v) is 7.06. The molecule has 5 nitrogen and oxygen atoms in total. The Morgan fingerprint density at radius 2 is 1.86 bits per heavy atom. The van der Waals surface area contributed by atoms with E-state index in [9.17, 15) is 14.9 Å². The lowest BCUT2D eigenvalue weighted by molar-refractivity contribution is -0.384. The SMILES string of the molecule is CC(C)(C)CC(C)(C)NC(=O)c1cccc([N+](=O)[O-])c1Cl. The Balaban J connectivity index is 3.00. The molecule has 6 heteroatoms. The van der Waals surface area contributed by atoms with Crippen LogP contribution in [0.5, 0.6) is 0 Å². The van der Waals surface area contributed by atoms with Crippen LogP contribution in [0.3, 0.4) is 0 Å². The Bertz CT molecular complexity index is 563. The van der Waals surface area contributed by atoms with Crippen LogP contribution in [0.2, 0.25) is 5.02 Å². The van der Waals surface area contributed by atoms with Gasteiger partial charge in [-0.3, -0.25) is 14.9 Å². The Labute approximate surface area is 129 Å². The number of carbonyl (C=O) groups is 1. The summed E-state index contributed by atoms with van der Waals surface area (Å²) in [5, 5.41) is 13.6. The number of hydrogen-bond acceptors (Lipinski definition) is 3. The van der Waals surface area contributed by atoms with Crippen LogP contribution in [0.1, 0.15) is 51.4 Å². The molecule has 0 unspecified atom stereocenters. The van der Waals surface area contributed by atoms with E-state index in [0.717, 1.165) is 6.42 Å². The Kier molecular flexibility index (Phi) is 4.99. The Morgan fingerprint density at radius 3 is 2.33 bits per heavy atom. The summed E-state index contributed by atoms with van der Waals surface area (Å²) in [6.07, 6.45) is 0.762. The lowest BCUT2D eigenvalue weighted by atomic mass is 9.81. The molecule has 1 aromatic carbocycles. The highest BCUT2D eigenvalue weighted by atomic mass is 35.5. The molecule has 0 saturated heterocycles. The molecule has 0 heterocycles. The van der Waals surface area contributed by atoms with Crippen molar-refractivity contribution >= 4 is 23.2 Å². The van der Waals surface area contributed by atoms with Gasteiger partial charge in [0.1, 0.15) is 5.02 Å². The monoisotopic (exact) mass is 312 g/mol. The average molecular weight is 313 g/mol. The number of rotatable bonds is 4. The van der Waals surface area contributed by atoms with Crippen LogP contribution in [0, 0.1) is 15.5 Å². The van der Waals surface area contributed by atoms with Crippen molar-refractivity contribution in [1.29, 1.82) is 0 Å². The second-order valence-corrected chi connectivity index (χ2v) is 7.35. The zero-order valence-electron chi connectivity index (χ0n) is 13.0. The van der Waals surface area contributed by atoms with Gasteiger partial charge in [0.2, 0.25) is 0 Å². The molecule has 0 bridgehead atoms. The predicted octanol–water partition coefficient (Wildman–Crippen LogP) is 4.19. The van der Waals surface area contributed by atoms with Gasteiger partial charge in [-0.1, -0.05) is 38.4 Å². The number of nitrogens with one attached hydrogen (secondary N) is 1. The summed E-state index contributed by atoms with van der Waals surface area (Å²) < 4.78 is 0. The smallest absolute Gasteiger partial charge is 0.288 e. The highest BCUT2D eigenvalue weighted by Crippen LogP contribution is 2.30. The lowest BCUT2D eigenvalue weighted by Gasteiger charge is -2.33. The van der Waals surface area contributed by atoms with Crippen molar-refractivity contribution in [1.82, 2.24) is 5.32 Å². The fraction of sp³-hybridized carbons (Fsp3) is 0.533. The quantitative estimate of drug-likeness (QED) is 0.669. The number of hydrogen-bond donors (Lipinski definition) is 1. The van der Waals surface area contributed by atoms with Gasteiger partial charge < -0.3 is 5.32 Å². The normalized spacial score (nSPS) is 12.1. The van der Waals surface area contributed by atoms with Crippen molar-refractivity contribution in [3.05, 3.63) is 38.9 Å². The second-order valence-electron chi connectivity index (χ2n) is 6.97. The minimum atomic E-state index is -0.598. The van der Waals surface area contributed by atoms with Gasteiger partial charge in [-0.2, -0.15) is 0 Å². The topological polar surface area (TPSA) is 72.2 Å². The molecule has 116 valence electrons. The number of nitro groups is 1. The molecule has 0 fully saturated rings. The zero-order chi connectivity index (χ0) is 16.4. The van der Waals surface area contributed by atoms with E-state index in [1.807, 2.05) is 13.8 Å². The van der Waals surface area contributed by atoms with E-state index in [2.05, 4.69) is 26.1 Å². The number of nitro benzene ring substituents is 1. The van der Waals surface area contributed by atoms with Crippen LogP contribution in [-0.4, -0.2) is 16.4 Å². The minimum absolute atomic E-state index is 0.0449. The summed E-state index contributed by atoms with van der Waals surface area (Å²) in [4.78, 5) is 22.6. The highest BCUT2D eigenvalue weighted by molar-refractivity contribution is 6.35. The van der Waals surface area contributed by atoms with Gasteiger partial charge in [0.25, 0.3) is 11.6 Å². The fourth-order valence-corrected chi connectivity index (χ4v) is 2.86. The highest BCUT2D eigenvalue weighted by Gasteiger charge is 2.29. The van der Waals surface area contributed by atoms with E-state index in [4.69, 9.17) is 11.6 Å². The van der Waals surface area contributed by atoms with Crippen molar-refractivity contribution in [3.8, 4) is 0 Å². The van der Waals surface area contributed by atoms with Gasteiger partial charge in [0, 0.05) is 11.6 Å². The predicted molar refractivity (Wildman–Crippen MR) is 83.7 cm³/mol. The van der Waals surface area contributed by atoms with Crippen molar-refractivity contribution in [2.24, 2.45) is 5.41 Å². The molecule has 0 spiro atoms. The molecular formula is C15H21ClN2O3. The second kappa shape index (κ2) is 6.02. The molecule has 0 saturated carbocycles. The van der Waals surface area contributed by atoms with Gasteiger partial charge in [-0.05, 0) is 31.7 Å². The zero-order valence-corrected chi connectivity index (χ0v) is 13.7. The number of benzene rings is 1. The van der Waals surface area contributed by atoms with Crippen LogP contribution in [0.25, 0.3) is 0 Å². The maximum atomic E-state index is 12.3. The van der Waals surface area contributed by atoms with Crippen molar-refractivity contribution in [3.63, 3.8) is 0 Å². The van der Waals surface area contributed by atoms with Gasteiger partial charge in [-0.15, -0.1) is 0 Å². The standard InChI is InChI=1S/C15H21ClN2O3/c1-14(2,3)9-15(4,5)17-13(19)10-7-6-8-11(12(10)16)18(20)21/h6-8H,9H2,1-5H3,(H,17,19). The summed E-state index contributed by atoms with van der Waals surface area (Å²) in [6, 6.07) is 4.22. The molecule has 21 heavy (non-hydrogen) atoms. The van der Waals surface area contributed by atoms with E-state index in [-0.39, 0.29) is 21.7 Å². The third kappa shape index (κ3) is 5.01. The number of amides is 1. The van der Waals surface area contributed by atoms with Crippen molar-refractivity contribution in [2.45, 2.75) is 46.6 Å². The molecule has 0 aliphatic heterocycles. The molecule has 0 atom stereocenters. The molecule has 1 rings (SSSR count). The van der Waals surface area contributed by atoms with E-state index >= 15 is 0 Å².